The predicted octanol–water partition coefficient (Wildman–Crippen LogP) is 2.30. The van der Waals surface area contributed by atoms with Crippen molar-refractivity contribution >= 4 is 11.8 Å². The highest BCUT2D eigenvalue weighted by Gasteiger charge is 2.14. The molecule has 0 unspecified atom stereocenters. The van der Waals surface area contributed by atoms with Gasteiger partial charge < -0.3 is 10.6 Å². The smallest absolute Gasteiger partial charge is 0.243 e. The van der Waals surface area contributed by atoms with Crippen LogP contribution in [0.1, 0.15) is 57.8 Å². The quantitative estimate of drug-likeness (QED) is 0.523. The summed E-state index contributed by atoms with van der Waals surface area (Å²) in [5.41, 5.74) is 0. The minimum Gasteiger partial charge on any atom is -0.353 e. The van der Waals surface area contributed by atoms with E-state index in [0.717, 1.165) is 32.1 Å². The first-order valence-corrected chi connectivity index (χ1v) is 7.42. The van der Waals surface area contributed by atoms with Crippen molar-refractivity contribution in [2.75, 3.05) is 6.54 Å². The molecule has 0 radical (unpaired) electrons. The Kier molecular flexibility index (Phi) is 7.94. The maximum Gasteiger partial charge on any atom is 0.243 e. The zero-order valence-corrected chi connectivity index (χ0v) is 11.7. The van der Waals surface area contributed by atoms with E-state index in [4.69, 9.17) is 0 Å². The van der Waals surface area contributed by atoms with E-state index in [2.05, 4.69) is 17.2 Å². The summed E-state index contributed by atoms with van der Waals surface area (Å²) in [6.45, 7) is 4.05. The van der Waals surface area contributed by atoms with E-state index in [1.54, 1.807) is 0 Å². The van der Waals surface area contributed by atoms with Crippen molar-refractivity contribution in [1.82, 2.24) is 10.6 Å². The van der Waals surface area contributed by atoms with Gasteiger partial charge in [-0.15, -0.1) is 0 Å². The van der Waals surface area contributed by atoms with Crippen LogP contribution in [-0.4, -0.2) is 24.4 Å². The Morgan fingerprint density at radius 1 is 1.11 bits per heavy atom. The minimum atomic E-state index is -0.130. The molecule has 0 atom stereocenters. The van der Waals surface area contributed by atoms with Gasteiger partial charge in [-0.25, -0.2) is 0 Å². The van der Waals surface area contributed by atoms with E-state index in [-0.39, 0.29) is 11.8 Å². The lowest BCUT2D eigenvalue weighted by Gasteiger charge is -2.22. The van der Waals surface area contributed by atoms with Crippen LogP contribution in [0, 0.1) is 0 Å². The Balaban J connectivity index is 1.95. The van der Waals surface area contributed by atoms with E-state index in [1.165, 1.54) is 25.3 Å². The number of hydrogen-bond acceptors (Lipinski definition) is 2. The van der Waals surface area contributed by atoms with E-state index in [0.29, 0.717) is 19.0 Å². The summed E-state index contributed by atoms with van der Waals surface area (Å²) < 4.78 is 0. The van der Waals surface area contributed by atoms with Crippen molar-refractivity contribution in [3.63, 3.8) is 0 Å². The van der Waals surface area contributed by atoms with Gasteiger partial charge in [0.25, 0.3) is 0 Å². The first-order chi connectivity index (χ1) is 9.22. The lowest BCUT2D eigenvalue weighted by atomic mass is 9.95. The molecule has 0 aromatic rings. The normalized spacial score (nSPS) is 15.8. The number of hydrogen-bond donors (Lipinski definition) is 2. The van der Waals surface area contributed by atoms with Crippen LogP contribution < -0.4 is 10.6 Å². The fraction of sp³-hybridized carbons (Fsp3) is 0.733. The monoisotopic (exact) mass is 266 g/mol. The second-order valence-corrected chi connectivity index (χ2v) is 5.21. The average Bonchev–Trinajstić information content (AvgIpc) is 2.43. The molecular formula is C15H26N2O2. The number of unbranched alkanes of at least 4 members (excludes halogenated alkanes) is 2. The summed E-state index contributed by atoms with van der Waals surface area (Å²) in [5, 5.41) is 5.84. The Labute approximate surface area is 116 Å². The SMILES string of the molecule is C=CC(=O)NCCCCCC(=O)NC1CCCCC1. The molecule has 0 spiro atoms. The molecule has 4 nitrogen and oxygen atoms in total. The van der Waals surface area contributed by atoms with Crippen LogP contribution in [0.3, 0.4) is 0 Å². The molecule has 1 aliphatic rings. The van der Waals surface area contributed by atoms with Crippen molar-refractivity contribution in [2.45, 2.75) is 63.8 Å². The minimum absolute atomic E-state index is 0.130. The number of nitrogens with one attached hydrogen (secondary N) is 2. The molecule has 0 aliphatic heterocycles. The molecule has 1 aliphatic carbocycles. The van der Waals surface area contributed by atoms with Crippen LogP contribution in [-0.2, 0) is 9.59 Å². The van der Waals surface area contributed by atoms with Gasteiger partial charge in [0.1, 0.15) is 0 Å². The largest absolute Gasteiger partial charge is 0.353 e. The van der Waals surface area contributed by atoms with Crippen LogP contribution in [0.4, 0.5) is 0 Å². The molecule has 0 heterocycles. The predicted molar refractivity (Wildman–Crippen MR) is 76.7 cm³/mol. The van der Waals surface area contributed by atoms with Crippen molar-refractivity contribution in [3.8, 4) is 0 Å². The molecule has 2 N–H and O–H groups in total. The van der Waals surface area contributed by atoms with Crippen molar-refractivity contribution in [2.24, 2.45) is 0 Å². The third-order valence-electron chi connectivity index (χ3n) is 3.54. The van der Waals surface area contributed by atoms with Gasteiger partial charge >= 0.3 is 0 Å². The first kappa shape index (κ1) is 15.7. The van der Waals surface area contributed by atoms with Gasteiger partial charge in [-0.3, -0.25) is 9.59 Å². The fourth-order valence-electron chi connectivity index (χ4n) is 2.42. The van der Waals surface area contributed by atoms with E-state index in [1.807, 2.05) is 0 Å². The van der Waals surface area contributed by atoms with Crippen LogP contribution in [0.25, 0.3) is 0 Å². The summed E-state index contributed by atoms with van der Waals surface area (Å²) in [4.78, 5) is 22.6. The lowest BCUT2D eigenvalue weighted by molar-refractivity contribution is -0.122. The summed E-state index contributed by atoms with van der Waals surface area (Å²) in [6.07, 6.45) is 10.7. The van der Waals surface area contributed by atoms with Crippen LogP contribution in [0.15, 0.2) is 12.7 Å². The number of amides is 2. The van der Waals surface area contributed by atoms with Crippen LogP contribution >= 0.6 is 0 Å². The highest BCUT2D eigenvalue weighted by molar-refractivity contribution is 5.86. The highest BCUT2D eigenvalue weighted by Crippen LogP contribution is 2.17. The topological polar surface area (TPSA) is 58.2 Å². The molecule has 0 aromatic carbocycles. The third kappa shape index (κ3) is 7.65. The Morgan fingerprint density at radius 3 is 2.53 bits per heavy atom. The van der Waals surface area contributed by atoms with Crippen molar-refractivity contribution in [1.29, 1.82) is 0 Å². The summed E-state index contributed by atoms with van der Waals surface area (Å²) >= 11 is 0. The Hall–Kier alpha value is -1.32. The van der Waals surface area contributed by atoms with Gasteiger partial charge in [0.2, 0.25) is 11.8 Å². The van der Waals surface area contributed by atoms with Gasteiger partial charge in [-0.05, 0) is 31.8 Å². The first-order valence-electron chi connectivity index (χ1n) is 7.42. The second-order valence-electron chi connectivity index (χ2n) is 5.21. The highest BCUT2D eigenvalue weighted by atomic mass is 16.2. The lowest BCUT2D eigenvalue weighted by Crippen LogP contribution is -2.35. The molecule has 1 fully saturated rings. The number of carbonyl (C=O) groups is 2. The zero-order chi connectivity index (χ0) is 13.9. The standard InChI is InChI=1S/C15H26N2O2/c1-2-14(18)16-12-8-4-7-11-15(19)17-13-9-5-3-6-10-13/h2,13H,1,3-12H2,(H,16,18)(H,17,19). The fourth-order valence-corrected chi connectivity index (χ4v) is 2.42. The third-order valence-corrected chi connectivity index (χ3v) is 3.54. The van der Waals surface area contributed by atoms with Crippen molar-refractivity contribution < 1.29 is 9.59 Å². The van der Waals surface area contributed by atoms with Gasteiger partial charge in [-0.1, -0.05) is 32.3 Å². The summed E-state index contributed by atoms with van der Waals surface area (Å²) in [5.74, 6) is 0.0528. The Morgan fingerprint density at radius 2 is 1.84 bits per heavy atom. The summed E-state index contributed by atoms with van der Waals surface area (Å²) in [6, 6.07) is 0.410. The molecule has 1 rings (SSSR count). The van der Waals surface area contributed by atoms with E-state index >= 15 is 0 Å². The van der Waals surface area contributed by atoms with E-state index < -0.39 is 0 Å². The zero-order valence-electron chi connectivity index (χ0n) is 11.7. The van der Waals surface area contributed by atoms with Gasteiger partial charge in [0.15, 0.2) is 0 Å². The van der Waals surface area contributed by atoms with Gasteiger partial charge in [0, 0.05) is 19.0 Å². The van der Waals surface area contributed by atoms with Gasteiger partial charge in [-0.2, -0.15) is 0 Å². The van der Waals surface area contributed by atoms with Crippen LogP contribution in [0.5, 0.6) is 0 Å². The molecule has 2 amide bonds. The molecule has 0 saturated heterocycles. The summed E-state index contributed by atoms with van der Waals surface area (Å²) in [7, 11) is 0. The second kappa shape index (κ2) is 9.59. The maximum atomic E-state index is 11.7. The molecule has 1 saturated carbocycles. The maximum absolute atomic E-state index is 11.7. The van der Waals surface area contributed by atoms with E-state index in [9.17, 15) is 9.59 Å². The van der Waals surface area contributed by atoms with Crippen molar-refractivity contribution in [3.05, 3.63) is 12.7 Å². The number of carbonyl (C=O) groups excluding carboxylic acids is 2. The molecule has 0 aromatic heterocycles. The van der Waals surface area contributed by atoms with Crippen LogP contribution in [0.2, 0.25) is 0 Å². The van der Waals surface area contributed by atoms with Gasteiger partial charge in [0.05, 0.1) is 0 Å². The molecular weight excluding hydrogens is 240 g/mol. The average molecular weight is 266 g/mol. The Bertz CT molecular complexity index is 297. The molecule has 0 bridgehead atoms. The molecule has 19 heavy (non-hydrogen) atoms. The number of rotatable bonds is 8. The molecule has 108 valence electrons. The molecule has 4 heteroatoms.